The van der Waals surface area contributed by atoms with Gasteiger partial charge in [-0.1, -0.05) is 25.0 Å². The van der Waals surface area contributed by atoms with E-state index in [2.05, 4.69) is 42.7 Å². The second-order valence-corrected chi connectivity index (χ2v) is 8.95. The lowest BCUT2D eigenvalue weighted by atomic mass is 9.54. The van der Waals surface area contributed by atoms with Crippen LogP contribution in [0.1, 0.15) is 50.2 Å². The highest BCUT2D eigenvalue weighted by atomic mass is 127. The van der Waals surface area contributed by atoms with Crippen LogP contribution >= 0.6 is 24.0 Å². The number of hydrogen-bond acceptors (Lipinski definition) is 4. The molecule has 31 heavy (non-hydrogen) atoms. The van der Waals surface area contributed by atoms with Crippen LogP contribution in [0.5, 0.6) is 5.75 Å². The standard InChI is InChI=1S/C24H37N3O3.HI/c1-4-25-23(26-16-18-8-7-17(2)15-20(18)29-14-13-28-3)27-21-19-9-12-30-22(19)24(21)10-5-6-11-24;/h7-8,15,19,21-22H,4-6,9-14,16H2,1-3H3,(H2,25,26,27);1H. The minimum absolute atomic E-state index is 0. The van der Waals surface area contributed by atoms with Crippen molar-refractivity contribution < 1.29 is 14.2 Å². The molecule has 3 aliphatic rings. The van der Waals surface area contributed by atoms with E-state index in [-0.39, 0.29) is 24.0 Å². The van der Waals surface area contributed by atoms with E-state index in [4.69, 9.17) is 19.2 Å². The van der Waals surface area contributed by atoms with Crippen molar-refractivity contribution in [3.05, 3.63) is 29.3 Å². The first-order valence-electron chi connectivity index (χ1n) is 11.6. The molecule has 3 fully saturated rings. The number of aryl methyl sites for hydroxylation is 1. The highest BCUT2D eigenvalue weighted by Gasteiger charge is 2.65. The van der Waals surface area contributed by atoms with Gasteiger partial charge in [0.15, 0.2) is 5.96 Å². The van der Waals surface area contributed by atoms with Crippen LogP contribution in [0.4, 0.5) is 0 Å². The molecule has 6 nitrogen and oxygen atoms in total. The lowest BCUT2D eigenvalue weighted by Gasteiger charge is -2.57. The molecular formula is C24H38IN3O3. The zero-order valence-corrected chi connectivity index (χ0v) is 21.4. The normalized spacial score (nSPS) is 26.2. The van der Waals surface area contributed by atoms with Crippen LogP contribution in [-0.2, 0) is 16.0 Å². The molecule has 3 unspecified atom stereocenters. The molecule has 1 aromatic carbocycles. The van der Waals surface area contributed by atoms with Crippen LogP contribution in [-0.4, -0.2) is 51.6 Å². The summed E-state index contributed by atoms with van der Waals surface area (Å²) in [5.41, 5.74) is 2.60. The van der Waals surface area contributed by atoms with E-state index in [0.29, 0.717) is 43.2 Å². The van der Waals surface area contributed by atoms with E-state index in [9.17, 15) is 0 Å². The molecule has 1 aromatic rings. The topological polar surface area (TPSA) is 64.1 Å². The average molecular weight is 543 g/mol. The molecule has 0 amide bonds. The van der Waals surface area contributed by atoms with Gasteiger partial charge in [0.05, 0.1) is 19.3 Å². The first kappa shape index (κ1) is 24.6. The fourth-order valence-corrected chi connectivity index (χ4v) is 5.70. The Kier molecular flexibility index (Phi) is 8.87. The number of benzene rings is 1. The summed E-state index contributed by atoms with van der Waals surface area (Å²) in [7, 11) is 1.69. The molecule has 4 rings (SSSR count). The van der Waals surface area contributed by atoms with E-state index >= 15 is 0 Å². The summed E-state index contributed by atoms with van der Waals surface area (Å²) in [6.45, 7) is 7.67. The predicted molar refractivity (Wildman–Crippen MR) is 134 cm³/mol. The number of aliphatic imine (C=N–C) groups is 1. The van der Waals surface area contributed by atoms with Gasteiger partial charge in [-0.2, -0.15) is 0 Å². The van der Waals surface area contributed by atoms with Gasteiger partial charge in [-0.15, -0.1) is 24.0 Å². The molecule has 1 heterocycles. The van der Waals surface area contributed by atoms with Gasteiger partial charge in [0.25, 0.3) is 0 Å². The third-order valence-corrected chi connectivity index (χ3v) is 7.10. The Morgan fingerprint density at radius 2 is 2.06 bits per heavy atom. The third kappa shape index (κ3) is 5.14. The first-order chi connectivity index (χ1) is 14.7. The molecule has 174 valence electrons. The van der Waals surface area contributed by atoms with Gasteiger partial charge in [-0.25, -0.2) is 4.99 Å². The monoisotopic (exact) mass is 543 g/mol. The van der Waals surface area contributed by atoms with E-state index in [1.165, 1.54) is 37.7 Å². The first-order valence-corrected chi connectivity index (χ1v) is 11.6. The second-order valence-electron chi connectivity index (χ2n) is 8.95. The van der Waals surface area contributed by atoms with E-state index in [1.807, 2.05) is 0 Å². The molecule has 1 saturated heterocycles. The summed E-state index contributed by atoms with van der Waals surface area (Å²) in [6.07, 6.45) is 6.83. The molecule has 3 atom stereocenters. The fourth-order valence-electron chi connectivity index (χ4n) is 5.70. The minimum atomic E-state index is 0. The summed E-state index contributed by atoms with van der Waals surface area (Å²) < 4.78 is 17.2. The number of methoxy groups -OCH3 is 1. The Labute approximate surface area is 203 Å². The number of nitrogens with zero attached hydrogens (tertiary/aromatic N) is 1. The molecule has 2 N–H and O–H groups in total. The van der Waals surface area contributed by atoms with Crippen LogP contribution in [0.25, 0.3) is 0 Å². The summed E-state index contributed by atoms with van der Waals surface area (Å²) >= 11 is 0. The van der Waals surface area contributed by atoms with Gasteiger partial charge in [0.2, 0.25) is 0 Å². The smallest absolute Gasteiger partial charge is 0.191 e. The molecule has 0 aromatic heterocycles. The Hall–Kier alpha value is -1.06. The molecule has 2 saturated carbocycles. The molecule has 1 spiro atoms. The molecule has 2 aliphatic carbocycles. The largest absolute Gasteiger partial charge is 0.491 e. The number of hydrogen-bond donors (Lipinski definition) is 2. The molecule has 0 bridgehead atoms. The Bertz CT molecular complexity index is 752. The van der Waals surface area contributed by atoms with Crippen molar-refractivity contribution in [1.29, 1.82) is 0 Å². The van der Waals surface area contributed by atoms with Crippen LogP contribution in [0.3, 0.4) is 0 Å². The lowest BCUT2D eigenvalue weighted by molar-refractivity contribution is -0.125. The average Bonchev–Trinajstić information content (AvgIpc) is 3.40. The summed E-state index contributed by atoms with van der Waals surface area (Å²) in [5.74, 6) is 2.42. The van der Waals surface area contributed by atoms with Gasteiger partial charge in [0.1, 0.15) is 12.4 Å². The van der Waals surface area contributed by atoms with Crippen molar-refractivity contribution in [2.24, 2.45) is 16.3 Å². The number of fused-ring (bicyclic) bond motifs is 2. The lowest BCUT2D eigenvalue weighted by Crippen LogP contribution is -2.69. The molecule has 7 heteroatoms. The van der Waals surface area contributed by atoms with Crippen molar-refractivity contribution in [2.45, 2.75) is 64.6 Å². The van der Waals surface area contributed by atoms with Gasteiger partial charge >= 0.3 is 0 Å². The van der Waals surface area contributed by atoms with Crippen molar-refractivity contribution in [1.82, 2.24) is 10.6 Å². The third-order valence-electron chi connectivity index (χ3n) is 7.10. The van der Waals surface area contributed by atoms with Crippen molar-refractivity contribution >= 4 is 29.9 Å². The molecule has 1 aliphatic heterocycles. The van der Waals surface area contributed by atoms with Crippen molar-refractivity contribution in [2.75, 3.05) is 33.5 Å². The Balaban J connectivity index is 0.00000272. The number of nitrogens with one attached hydrogen (secondary N) is 2. The molecule has 0 radical (unpaired) electrons. The maximum atomic E-state index is 6.14. The Morgan fingerprint density at radius 1 is 1.26 bits per heavy atom. The Morgan fingerprint density at radius 3 is 2.81 bits per heavy atom. The van der Waals surface area contributed by atoms with Crippen LogP contribution in [0.15, 0.2) is 23.2 Å². The maximum Gasteiger partial charge on any atom is 0.191 e. The van der Waals surface area contributed by atoms with Crippen molar-refractivity contribution in [3.63, 3.8) is 0 Å². The summed E-state index contributed by atoms with van der Waals surface area (Å²) in [4.78, 5) is 4.94. The maximum absolute atomic E-state index is 6.14. The van der Waals surface area contributed by atoms with Crippen molar-refractivity contribution in [3.8, 4) is 5.75 Å². The highest BCUT2D eigenvalue weighted by molar-refractivity contribution is 14.0. The summed E-state index contributed by atoms with van der Waals surface area (Å²) in [6, 6.07) is 6.79. The van der Waals surface area contributed by atoms with Crippen LogP contribution < -0.4 is 15.4 Å². The second kappa shape index (κ2) is 11.2. The zero-order valence-electron chi connectivity index (χ0n) is 19.1. The molecular weight excluding hydrogens is 505 g/mol. The SMILES string of the molecule is CCNC(=NCc1ccc(C)cc1OCCOC)NC1C2CCOC2C12CCCC2.I. The zero-order chi connectivity index (χ0) is 21.0. The van der Waals surface area contributed by atoms with Gasteiger partial charge in [-0.05, 0) is 44.7 Å². The minimum Gasteiger partial charge on any atom is -0.491 e. The quantitative estimate of drug-likeness (QED) is 0.224. The number of ether oxygens (including phenoxy) is 3. The van der Waals surface area contributed by atoms with E-state index < -0.39 is 0 Å². The van der Waals surface area contributed by atoms with E-state index in [1.54, 1.807) is 7.11 Å². The predicted octanol–water partition coefficient (Wildman–Crippen LogP) is 4.04. The fraction of sp³-hybridized carbons (Fsp3) is 0.708. The van der Waals surface area contributed by atoms with Crippen LogP contribution in [0, 0.1) is 18.3 Å². The van der Waals surface area contributed by atoms with Crippen LogP contribution in [0.2, 0.25) is 0 Å². The number of rotatable bonds is 8. The highest BCUT2D eigenvalue weighted by Crippen LogP contribution is 2.60. The van der Waals surface area contributed by atoms with Gasteiger partial charge in [0, 0.05) is 43.2 Å². The number of guanidine groups is 1. The van der Waals surface area contributed by atoms with Gasteiger partial charge in [-0.3, -0.25) is 0 Å². The van der Waals surface area contributed by atoms with Gasteiger partial charge < -0.3 is 24.8 Å². The number of halogens is 1. The van der Waals surface area contributed by atoms with E-state index in [0.717, 1.165) is 30.4 Å². The summed E-state index contributed by atoms with van der Waals surface area (Å²) in [5, 5.41) is 7.27.